The lowest BCUT2D eigenvalue weighted by Gasteiger charge is -2.04. The van der Waals surface area contributed by atoms with Gasteiger partial charge in [0, 0.05) is 20.8 Å². The van der Waals surface area contributed by atoms with Crippen LogP contribution in [-0.4, -0.2) is 17.3 Å². The zero-order valence-corrected chi connectivity index (χ0v) is 12.0. The van der Waals surface area contributed by atoms with Crippen LogP contribution in [0.2, 0.25) is 0 Å². The molecule has 16 heavy (non-hydrogen) atoms. The summed E-state index contributed by atoms with van der Waals surface area (Å²) in [7, 11) is 0. The Labute approximate surface area is 111 Å². The Morgan fingerprint density at radius 2 is 2.38 bits per heavy atom. The molecule has 0 saturated carbocycles. The van der Waals surface area contributed by atoms with Crippen LogP contribution < -0.4 is 5.32 Å². The Morgan fingerprint density at radius 1 is 1.56 bits per heavy atom. The number of hydrogen-bond donors (Lipinski definition) is 1. The van der Waals surface area contributed by atoms with Gasteiger partial charge in [0.2, 0.25) is 0 Å². The molecule has 1 amide bonds. The van der Waals surface area contributed by atoms with Crippen LogP contribution in [0.4, 0.5) is 0 Å². The zero-order valence-electron chi connectivity index (χ0n) is 8.83. The fraction of sp³-hybridized carbons (Fsp3) is 0.364. The van der Waals surface area contributed by atoms with E-state index in [1.165, 1.54) is 9.40 Å². The van der Waals surface area contributed by atoms with E-state index in [9.17, 15) is 4.79 Å². The lowest BCUT2D eigenvalue weighted by molar-refractivity contribution is 0.0957. The van der Waals surface area contributed by atoms with Crippen molar-refractivity contribution in [2.75, 3.05) is 6.54 Å². The third kappa shape index (κ3) is 2.84. The second-order valence-corrected chi connectivity index (χ2v) is 7.18. The second-order valence-electron chi connectivity index (χ2n) is 3.59. The molecule has 0 fully saturated rings. The van der Waals surface area contributed by atoms with Crippen molar-refractivity contribution in [3.63, 3.8) is 0 Å². The molecule has 0 aliphatic rings. The topological polar surface area (TPSA) is 29.1 Å². The van der Waals surface area contributed by atoms with E-state index in [4.69, 9.17) is 0 Å². The van der Waals surface area contributed by atoms with Crippen LogP contribution in [0.5, 0.6) is 0 Å². The summed E-state index contributed by atoms with van der Waals surface area (Å²) in [4.78, 5) is 13.0. The number of rotatable bonds is 4. The first kappa shape index (κ1) is 12.1. The molecule has 0 saturated heterocycles. The van der Waals surface area contributed by atoms with Gasteiger partial charge in [-0.2, -0.15) is 0 Å². The molecular weight excluding hydrogens is 306 g/mol. The second kappa shape index (κ2) is 5.29. The zero-order chi connectivity index (χ0) is 11.5. The fourth-order valence-corrected chi connectivity index (χ4v) is 3.60. The van der Waals surface area contributed by atoms with Crippen molar-refractivity contribution in [3.8, 4) is 0 Å². The quantitative estimate of drug-likeness (QED) is 0.852. The minimum Gasteiger partial charge on any atom is -0.351 e. The van der Waals surface area contributed by atoms with Gasteiger partial charge in [-0.25, -0.2) is 0 Å². The SMILES string of the molecule is CC(Br)CCNC(=O)c1cc2sccc2s1. The number of amides is 1. The summed E-state index contributed by atoms with van der Waals surface area (Å²) >= 11 is 6.69. The molecule has 1 N–H and O–H groups in total. The average molecular weight is 318 g/mol. The minimum atomic E-state index is 0.0431. The van der Waals surface area contributed by atoms with Gasteiger partial charge in [-0.15, -0.1) is 22.7 Å². The van der Waals surface area contributed by atoms with Crippen LogP contribution in [0.1, 0.15) is 23.0 Å². The molecule has 0 aromatic carbocycles. The smallest absolute Gasteiger partial charge is 0.261 e. The Hall–Kier alpha value is -0.390. The predicted molar refractivity (Wildman–Crippen MR) is 75.0 cm³/mol. The number of nitrogens with one attached hydrogen (secondary N) is 1. The van der Waals surface area contributed by atoms with Gasteiger partial charge in [-0.05, 0) is 23.9 Å². The van der Waals surface area contributed by atoms with Crippen molar-refractivity contribution in [1.29, 1.82) is 0 Å². The lowest BCUT2D eigenvalue weighted by atomic mass is 10.3. The summed E-state index contributed by atoms with van der Waals surface area (Å²) in [5.74, 6) is 0.0431. The Balaban J connectivity index is 1.97. The number of thiophene rings is 2. The summed E-state index contributed by atoms with van der Waals surface area (Å²) < 4.78 is 2.40. The lowest BCUT2D eigenvalue weighted by Crippen LogP contribution is -2.24. The van der Waals surface area contributed by atoms with Crippen LogP contribution in [0.3, 0.4) is 0 Å². The maximum atomic E-state index is 11.8. The van der Waals surface area contributed by atoms with Gasteiger partial charge in [0.25, 0.3) is 5.91 Å². The summed E-state index contributed by atoms with van der Waals surface area (Å²) in [6.45, 7) is 2.80. The average Bonchev–Trinajstić information content (AvgIpc) is 2.75. The van der Waals surface area contributed by atoms with E-state index in [1.54, 1.807) is 22.7 Å². The van der Waals surface area contributed by atoms with Crippen molar-refractivity contribution < 1.29 is 4.79 Å². The highest BCUT2D eigenvalue weighted by Crippen LogP contribution is 2.29. The number of carbonyl (C=O) groups is 1. The molecule has 1 atom stereocenters. The van der Waals surface area contributed by atoms with Gasteiger partial charge in [-0.3, -0.25) is 4.79 Å². The van der Waals surface area contributed by atoms with E-state index in [0.29, 0.717) is 4.83 Å². The molecule has 0 aliphatic heterocycles. The van der Waals surface area contributed by atoms with Gasteiger partial charge in [0.15, 0.2) is 0 Å². The molecule has 2 heterocycles. The number of hydrogen-bond acceptors (Lipinski definition) is 3. The maximum Gasteiger partial charge on any atom is 0.261 e. The largest absolute Gasteiger partial charge is 0.351 e. The summed E-state index contributed by atoms with van der Waals surface area (Å²) in [5.41, 5.74) is 0. The van der Waals surface area contributed by atoms with Crippen LogP contribution in [0, 0.1) is 0 Å². The standard InChI is InChI=1S/C11H12BrNOS2/c1-7(12)2-4-13-11(14)10-6-9-8(16-10)3-5-15-9/h3,5-7H,2,4H2,1H3,(H,13,14). The molecule has 86 valence electrons. The van der Waals surface area contributed by atoms with E-state index in [1.807, 2.05) is 6.07 Å². The third-order valence-electron chi connectivity index (χ3n) is 2.19. The van der Waals surface area contributed by atoms with Crippen molar-refractivity contribution in [1.82, 2.24) is 5.32 Å². The normalized spacial score (nSPS) is 12.9. The Kier molecular flexibility index (Phi) is 4.00. The first-order valence-electron chi connectivity index (χ1n) is 5.06. The van der Waals surface area contributed by atoms with Gasteiger partial charge >= 0.3 is 0 Å². The van der Waals surface area contributed by atoms with Gasteiger partial charge in [0.1, 0.15) is 0 Å². The molecule has 5 heteroatoms. The molecule has 1 unspecified atom stereocenters. The molecule has 0 radical (unpaired) electrons. The van der Waals surface area contributed by atoms with E-state index in [2.05, 4.69) is 39.6 Å². The molecular formula is C11H12BrNOS2. The van der Waals surface area contributed by atoms with Crippen molar-refractivity contribution in [3.05, 3.63) is 22.4 Å². The molecule has 2 aromatic heterocycles. The van der Waals surface area contributed by atoms with Crippen LogP contribution >= 0.6 is 38.6 Å². The van der Waals surface area contributed by atoms with Crippen LogP contribution in [-0.2, 0) is 0 Å². The van der Waals surface area contributed by atoms with E-state index < -0.39 is 0 Å². The highest BCUT2D eigenvalue weighted by atomic mass is 79.9. The van der Waals surface area contributed by atoms with Crippen LogP contribution in [0.15, 0.2) is 17.5 Å². The van der Waals surface area contributed by atoms with Crippen molar-refractivity contribution >= 4 is 53.9 Å². The molecule has 0 bridgehead atoms. The summed E-state index contributed by atoms with van der Waals surface area (Å²) in [5, 5.41) is 4.98. The van der Waals surface area contributed by atoms with Crippen LogP contribution in [0.25, 0.3) is 9.40 Å². The molecule has 0 aliphatic carbocycles. The van der Waals surface area contributed by atoms with E-state index in [-0.39, 0.29) is 5.91 Å². The number of fused-ring (bicyclic) bond motifs is 1. The van der Waals surface area contributed by atoms with Crippen molar-refractivity contribution in [2.24, 2.45) is 0 Å². The summed E-state index contributed by atoms with van der Waals surface area (Å²) in [6, 6.07) is 4.03. The Morgan fingerprint density at radius 3 is 3.06 bits per heavy atom. The van der Waals surface area contributed by atoms with Gasteiger partial charge in [0.05, 0.1) is 4.88 Å². The number of alkyl halides is 1. The third-order valence-corrected chi connectivity index (χ3v) is 4.74. The van der Waals surface area contributed by atoms with E-state index in [0.717, 1.165) is 17.8 Å². The highest BCUT2D eigenvalue weighted by molar-refractivity contribution is 9.09. The minimum absolute atomic E-state index is 0.0431. The molecule has 0 spiro atoms. The first-order valence-corrected chi connectivity index (χ1v) is 7.67. The highest BCUT2D eigenvalue weighted by Gasteiger charge is 2.10. The first-order chi connectivity index (χ1) is 7.66. The fourth-order valence-electron chi connectivity index (χ4n) is 1.35. The van der Waals surface area contributed by atoms with E-state index >= 15 is 0 Å². The maximum absolute atomic E-state index is 11.8. The molecule has 2 rings (SSSR count). The van der Waals surface area contributed by atoms with Crippen molar-refractivity contribution in [2.45, 2.75) is 18.2 Å². The predicted octanol–water partition coefficient (Wildman–Crippen LogP) is 3.87. The number of halogens is 1. The van der Waals surface area contributed by atoms with Gasteiger partial charge < -0.3 is 5.32 Å². The van der Waals surface area contributed by atoms with Gasteiger partial charge in [-0.1, -0.05) is 22.9 Å². The molecule has 2 nitrogen and oxygen atoms in total. The summed E-state index contributed by atoms with van der Waals surface area (Å²) in [6.07, 6.45) is 0.950. The molecule has 2 aromatic rings. The number of carbonyl (C=O) groups excluding carboxylic acids is 1. The monoisotopic (exact) mass is 317 g/mol. The Bertz CT molecular complexity index is 460.